The van der Waals surface area contributed by atoms with Gasteiger partial charge in [-0.2, -0.15) is 5.10 Å². The van der Waals surface area contributed by atoms with E-state index in [4.69, 9.17) is 0 Å². The van der Waals surface area contributed by atoms with Crippen LogP contribution in [0.5, 0.6) is 0 Å². The number of nitrogens with one attached hydrogen (secondary N) is 1. The zero-order valence-corrected chi connectivity index (χ0v) is 14.2. The van der Waals surface area contributed by atoms with Crippen molar-refractivity contribution in [3.63, 3.8) is 0 Å². The highest BCUT2D eigenvalue weighted by atomic mass is 16.3. The molecular weight excluding hydrogens is 302 g/mol. The lowest BCUT2D eigenvalue weighted by Gasteiger charge is -2.31. The topological polar surface area (TPSA) is 67.2 Å². The molecule has 24 heavy (non-hydrogen) atoms. The Kier molecular flexibility index (Phi) is 5.00. The summed E-state index contributed by atoms with van der Waals surface area (Å²) in [6.45, 7) is 2.73. The number of rotatable bonds is 5. The van der Waals surface area contributed by atoms with Crippen LogP contribution in [0.4, 0.5) is 5.69 Å². The highest BCUT2D eigenvalue weighted by molar-refractivity contribution is 5.91. The van der Waals surface area contributed by atoms with Crippen molar-refractivity contribution in [2.75, 3.05) is 5.32 Å². The Morgan fingerprint density at radius 2 is 1.96 bits per heavy atom. The summed E-state index contributed by atoms with van der Waals surface area (Å²) in [4.78, 5) is 12.2. The standard InChI is InChI=1S/C19H25N3O2/c1-15-12-20-22(13-15)14-16-5-7-17(8-6-16)21-18(23)11-19(24)9-3-2-4-10-19/h5-8,12-13,24H,2-4,9-11,14H2,1H3,(H,21,23). The largest absolute Gasteiger partial charge is 0.389 e. The molecule has 1 aliphatic rings. The van der Waals surface area contributed by atoms with E-state index in [0.29, 0.717) is 6.54 Å². The molecule has 128 valence electrons. The monoisotopic (exact) mass is 327 g/mol. The molecular formula is C19H25N3O2. The molecule has 0 spiro atoms. The van der Waals surface area contributed by atoms with Gasteiger partial charge in [-0.05, 0) is 43.0 Å². The molecule has 5 nitrogen and oxygen atoms in total. The number of benzene rings is 1. The van der Waals surface area contributed by atoms with Gasteiger partial charge in [-0.15, -0.1) is 0 Å². The summed E-state index contributed by atoms with van der Waals surface area (Å²) in [5.74, 6) is -0.116. The van der Waals surface area contributed by atoms with Crippen molar-refractivity contribution >= 4 is 11.6 Å². The number of carbonyl (C=O) groups is 1. The van der Waals surface area contributed by atoms with Gasteiger partial charge in [0.05, 0.1) is 24.8 Å². The fraction of sp³-hybridized carbons (Fsp3) is 0.474. The summed E-state index contributed by atoms with van der Waals surface area (Å²) in [7, 11) is 0. The van der Waals surface area contributed by atoms with Gasteiger partial charge in [0.2, 0.25) is 5.91 Å². The zero-order chi connectivity index (χ0) is 17.0. The third-order valence-electron chi connectivity index (χ3n) is 4.62. The van der Waals surface area contributed by atoms with Gasteiger partial charge >= 0.3 is 0 Å². The minimum Gasteiger partial charge on any atom is -0.389 e. The number of nitrogens with zero attached hydrogens (tertiary/aromatic N) is 2. The first-order chi connectivity index (χ1) is 11.5. The minimum atomic E-state index is -0.819. The van der Waals surface area contributed by atoms with Crippen LogP contribution in [-0.2, 0) is 11.3 Å². The van der Waals surface area contributed by atoms with Crippen LogP contribution in [0.2, 0.25) is 0 Å². The first-order valence-electron chi connectivity index (χ1n) is 8.63. The molecule has 5 heteroatoms. The van der Waals surface area contributed by atoms with Gasteiger partial charge in [-0.3, -0.25) is 9.48 Å². The molecule has 1 aliphatic carbocycles. The van der Waals surface area contributed by atoms with E-state index in [2.05, 4.69) is 10.4 Å². The van der Waals surface area contributed by atoms with Gasteiger partial charge in [0.25, 0.3) is 0 Å². The van der Waals surface area contributed by atoms with E-state index < -0.39 is 5.60 Å². The van der Waals surface area contributed by atoms with E-state index in [1.165, 1.54) is 0 Å². The second-order valence-electron chi connectivity index (χ2n) is 6.92. The summed E-state index contributed by atoms with van der Waals surface area (Å²) in [6.07, 6.45) is 8.63. The van der Waals surface area contributed by atoms with E-state index in [0.717, 1.165) is 48.9 Å². The SMILES string of the molecule is Cc1cnn(Cc2ccc(NC(=O)CC3(O)CCCCC3)cc2)c1. The summed E-state index contributed by atoms with van der Waals surface area (Å²) >= 11 is 0. The fourth-order valence-corrected chi connectivity index (χ4v) is 3.32. The zero-order valence-electron chi connectivity index (χ0n) is 14.2. The smallest absolute Gasteiger partial charge is 0.227 e. The van der Waals surface area contributed by atoms with Crippen molar-refractivity contribution in [2.24, 2.45) is 0 Å². The van der Waals surface area contributed by atoms with Gasteiger partial charge in [0.15, 0.2) is 0 Å². The number of aromatic nitrogens is 2. The molecule has 0 aliphatic heterocycles. The fourth-order valence-electron chi connectivity index (χ4n) is 3.32. The number of carbonyl (C=O) groups excluding carboxylic acids is 1. The van der Waals surface area contributed by atoms with E-state index >= 15 is 0 Å². The normalized spacial score (nSPS) is 16.8. The van der Waals surface area contributed by atoms with Crippen LogP contribution in [-0.4, -0.2) is 26.4 Å². The number of aryl methyl sites for hydroxylation is 1. The van der Waals surface area contributed by atoms with Crippen molar-refractivity contribution in [1.82, 2.24) is 9.78 Å². The Hall–Kier alpha value is -2.14. The lowest BCUT2D eigenvalue weighted by molar-refractivity contribution is -0.122. The average Bonchev–Trinajstić information content (AvgIpc) is 2.94. The summed E-state index contributed by atoms with van der Waals surface area (Å²) in [5, 5.41) is 17.6. The molecule has 1 saturated carbocycles. The number of anilines is 1. The maximum atomic E-state index is 12.2. The van der Waals surface area contributed by atoms with Crippen molar-refractivity contribution < 1.29 is 9.90 Å². The van der Waals surface area contributed by atoms with Crippen LogP contribution in [0.1, 0.15) is 49.7 Å². The van der Waals surface area contributed by atoms with Crippen molar-refractivity contribution in [3.05, 3.63) is 47.8 Å². The highest BCUT2D eigenvalue weighted by Gasteiger charge is 2.31. The number of hydrogen-bond donors (Lipinski definition) is 2. The second-order valence-corrected chi connectivity index (χ2v) is 6.92. The highest BCUT2D eigenvalue weighted by Crippen LogP contribution is 2.31. The van der Waals surface area contributed by atoms with Gasteiger partial charge < -0.3 is 10.4 Å². The molecule has 0 bridgehead atoms. The number of aliphatic hydroxyl groups is 1. The average molecular weight is 327 g/mol. The lowest BCUT2D eigenvalue weighted by Crippen LogP contribution is -2.35. The second kappa shape index (κ2) is 7.18. The van der Waals surface area contributed by atoms with Crippen molar-refractivity contribution in [3.8, 4) is 0 Å². The third-order valence-corrected chi connectivity index (χ3v) is 4.62. The van der Waals surface area contributed by atoms with Crippen LogP contribution in [0.25, 0.3) is 0 Å². The van der Waals surface area contributed by atoms with E-state index in [1.807, 2.05) is 48.3 Å². The maximum absolute atomic E-state index is 12.2. The van der Waals surface area contributed by atoms with Crippen LogP contribution in [0.15, 0.2) is 36.7 Å². The van der Waals surface area contributed by atoms with Crippen LogP contribution >= 0.6 is 0 Å². The first-order valence-corrected chi connectivity index (χ1v) is 8.63. The molecule has 0 saturated heterocycles. The number of amides is 1. The van der Waals surface area contributed by atoms with Crippen molar-refractivity contribution in [1.29, 1.82) is 0 Å². The molecule has 0 atom stereocenters. The van der Waals surface area contributed by atoms with Crippen molar-refractivity contribution in [2.45, 2.75) is 57.6 Å². The van der Waals surface area contributed by atoms with Crippen LogP contribution in [0, 0.1) is 6.92 Å². The first kappa shape index (κ1) is 16.7. The van der Waals surface area contributed by atoms with E-state index in [1.54, 1.807) is 0 Å². The Bertz CT molecular complexity index is 685. The minimum absolute atomic E-state index is 0.116. The predicted molar refractivity (Wildman–Crippen MR) is 93.8 cm³/mol. The summed E-state index contributed by atoms with van der Waals surface area (Å²) in [6, 6.07) is 7.77. The molecule has 1 heterocycles. The molecule has 0 unspecified atom stereocenters. The van der Waals surface area contributed by atoms with E-state index in [9.17, 15) is 9.90 Å². The maximum Gasteiger partial charge on any atom is 0.227 e. The quantitative estimate of drug-likeness (QED) is 0.886. The Morgan fingerprint density at radius 1 is 1.25 bits per heavy atom. The summed E-state index contributed by atoms with van der Waals surface area (Å²) in [5.41, 5.74) is 2.21. The summed E-state index contributed by atoms with van der Waals surface area (Å²) < 4.78 is 1.89. The molecule has 2 N–H and O–H groups in total. The Morgan fingerprint density at radius 3 is 2.58 bits per heavy atom. The molecule has 3 rings (SSSR count). The molecule has 2 aromatic rings. The Labute approximate surface area is 142 Å². The van der Waals surface area contributed by atoms with Crippen LogP contribution in [0.3, 0.4) is 0 Å². The lowest BCUT2D eigenvalue weighted by atomic mass is 9.82. The molecule has 1 fully saturated rings. The van der Waals surface area contributed by atoms with Crippen LogP contribution < -0.4 is 5.32 Å². The van der Waals surface area contributed by atoms with Gasteiger partial charge in [0.1, 0.15) is 0 Å². The molecule has 0 radical (unpaired) electrons. The Balaban J connectivity index is 1.54. The molecule has 1 aromatic heterocycles. The third kappa shape index (κ3) is 4.45. The predicted octanol–water partition coefficient (Wildman–Crippen LogP) is 3.26. The van der Waals surface area contributed by atoms with E-state index in [-0.39, 0.29) is 12.3 Å². The van der Waals surface area contributed by atoms with Gasteiger partial charge in [-0.25, -0.2) is 0 Å². The number of hydrogen-bond acceptors (Lipinski definition) is 3. The molecule has 1 aromatic carbocycles. The van der Waals surface area contributed by atoms with Gasteiger partial charge in [0, 0.05) is 11.9 Å². The molecule has 1 amide bonds. The van der Waals surface area contributed by atoms with Gasteiger partial charge in [-0.1, -0.05) is 31.4 Å².